The molecular weight excluding hydrogens is 134 g/mol. The Morgan fingerprint density at radius 3 is 2.55 bits per heavy atom. The molecule has 11 heavy (non-hydrogen) atoms. The second-order valence-electron chi connectivity index (χ2n) is 4.14. The Balaban J connectivity index is 1.79. The van der Waals surface area contributed by atoms with Crippen molar-refractivity contribution >= 4 is 0 Å². The summed E-state index contributed by atoms with van der Waals surface area (Å²) in [6.45, 7) is 5.12. The Labute approximate surface area is 69.8 Å². The van der Waals surface area contributed by atoms with Crippen molar-refractivity contribution in [2.45, 2.75) is 45.1 Å². The molecule has 64 valence electrons. The van der Waals surface area contributed by atoms with Gasteiger partial charge in [-0.15, -0.1) is 0 Å². The van der Waals surface area contributed by atoms with Gasteiger partial charge in [0.2, 0.25) is 0 Å². The van der Waals surface area contributed by atoms with Gasteiger partial charge in [-0.2, -0.15) is 0 Å². The molecule has 2 fully saturated rings. The summed E-state index contributed by atoms with van der Waals surface area (Å²) in [5.41, 5.74) is 0. The molecule has 2 aliphatic rings. The van der Waals surface area contributed by atoms with Crippen molar-refractivity contribution in [3.8, 4) is 0 Å². The van der Waals surface area contributed by atoms with Crippen molar-refractivity contribution in [2.24, 2.45) is 5.92 Å². The van der Waals surface area contributed by atoms with Crippen LogP contribution < -0.4 is 0 Å². The predicted molar refractivity (Wildman–Crippen MR) is 47.6 cm³/mol. The Kier molecular flexibility index (Phi) is 2.17. The molecule has 0 amide bonds. The fraction of sp³-hybridized carbons (Fsp3) is 1.00. The second kappa shape index (κ2) is 3.14. The van der Waals surface area contributed by atoms with Gasteiger partial charge in [-0.3, -0.25) is 0 Å². The van der Waals surface area contributed by atoms with Crippen LogP contribution in [0, 0.1) is 5.92 Å². The lowest BCUT2D eigenvalue weighted by atomic mass is 9.92. The largest absolute Gasteiger partial charge is 0.300 e. The zero-order chi connectivity index (χ0) is 7.68. The van der Waals surface area contributed by atoms with Crippen molar-refractivity contribution in [1.29, 1.82) is 0 Å². The maximum absolute atomic E-state index is 2.72. The standard InChI is InChI=1S/C10H19N/c1-2-9-6-7-11(8-9)10-4-3-5-10/h9-10H,2-8H2,1H3/t9-/m1/s1. The SMILES string of the molecule is CC[C@@H]1CCN(C2CCC2)C1. The van der Waals surface area contributed by atoms with Gasteiger partial charge >= 0.3 is 0 Å². The van der Waals surface area contributed by atoms with Crippen LogP contribution >= 0.6 is 0 Å². The maximum Gasteiger partial charge on any atom is 0.00953 e. The number of hydrogen-bond acceptors (Lipinski definition) is 1. The van der Waals surface area contributed by atoms with Crippen LogP contribution in [0.1, 0.15) is 39.0 Å². The summed E-state index contributed by atoms with van der Waals surface area (Å²) in [6, 6.07) is 0.992. The molecule has 0 spiro atoms. The number of hydrogen-bond donors (Lipinski definition) is 0. The Morgan fingerprint density at radius 2 is 2.09 bits per heavy atom. The zero-order valence-corrected chi connectivity index (χ0v) is 7.55. The first-order chi connectivity index (χ1) is 5.40. The molecule has 1 nitrogen and oxygen atoms in total. The number of likely N-dealkylation sites (tertiary alicyclic amines) is 1. The fourth-order valence-corrected chi connectivity index (χ4v) is 2.28. The Hall–Kier alpha value is -0.0400. The first kappa shape index (κ1) is 7.60. The van der Waals surface area contributed by atoms with Gasteiger partial charge in [0.05, 0.1) is 0 Å². The van der Waals surface area contributed by atoms with Crippen LogP contribution in [0.4, 0.5) is 0 Å². The van der Waals surface area contributed by atoms with E-state index in [0.717, 1.165) is 12.0 Å². The maximum atomic E-state index is 2.72. The van der Waals surface area contributed by atoms with E-state index in [1.807, 2.05) is 0 Å². The highest BCUT2D eigenvalue weighted by Gasteiger charge is 2.30. The molecule has 0 aromatic carbocycles. The van der Waals surface area contributed by atoms with E-state index in [1.54, 1.807) is 0 Å². The van der Waals surface area contributed by atoms with Gasteiger partial charge in [-0.05, 0) is 31.7 Å². The van der Waals surface area contributed by atoms with E-state index >= 15 is 0 Å². The Morgan fingerprint density at radius 1 is 1.27 bits per heavy atom. The molecule has 0 radical (unpaired) electrons. The molecule has 1 heteroatoms. The van der Waals surface area contributed by atoms with Gasteiger partial charge < -0.3 is 4.90 Å². The summed E-state index contributed by atoms with van der Waals surface area (Å²) in [5.74, 6) is 1.02. The Bertz CT molecular complexity index is 129. The fourth-order valence-electron chi connectivity index (χ4n) is 2.28. The van der Waals surface area contributed by atoms with Crippen LogP contribution in [0.3, 0.4) is 0 Å². The second-order valence-corrected chi connectivity index (χ2v) is 4.14. The van der Waals surface area contributed by atoms with Crippen LogP contribution in [0.5, 0.6) is 0 Å². The lowest BCUT2D eigenvalue weighted by Gasteiger charge is -2.34. The van der Waals surface area contributed by atoms with Crippen molar-refractivity contribution < 1.29 is 0 Å². The molecule has 1 saturated carbocycles. The summed E-state index contributed by atoms with van der Waals surface area (Å²) < 4.78 is 0. The van der Waals surface area contributed by atoms with Crippen LogP contribution in [-0.2, 0) is 0 Å². The topological polar surface area (TPSA) is 3.24 Å². The summed E-state index contributed by atoms with van der Waals surface area (Å²) in [4.78, 5) is 2.72. The average Bonchev–Trinajstić information content (AvgIpc) is 2.32. The quantitative estimate of drug-likeness (QED) is 0.588. The molecule has 1 aliphatic carbocycles. The summed E-state index contributed by atoms with van der Waals surface area (Å²) >= 11 is 0. The van der Waals surface area contributed by atoms with Gasteiger partial charge in [-0.25, -0.2) is 0 Å². The zero-order valence-electron chi connectivity index (χ0n) is 7.55. The highest BCUT2D eigenvalue weighted by molar-refractivity contribution is 4.85. The van der Waals surface area contributed by atoms with Gasteiger partial charge in [0.25, 0.3) is 0 Å². The summed E-state index contributed by atoms with van der Waals surface area (Å²) in [7, 11) is 0. The normalized spacial score (nSPS) is 34.1. The van der Waals surface area contributed by atoms with Gasteiger partial charge in [0.15, 0.2) is 0 Å². The highest BCUT2D eigenvalue weighted by Crippen LogP contribution is 2.30. The van der Waals surface area contributed by atoms with E-state index in [1.165, 1.54) is 45.2 Å². The van der Waals surface area contributed by atoms with E-state index in [9.17, 15) is 0 Å². The van der Waals surface area contributed by atoms with Crippen LogP contribution in [0.15, 0.2) is 0 Å². The lowest BCUT2D eigenvalue weighted by molar-refractivity contribution is 0.153. The predicted octanol–water partition coefficient (Wildman–Crippen LogP) is 2.27. The molecule has 0 N–H and O–H groups in total. The van der Waals surface area contributed by atoms with Crippen LogP contribution in [0.25, 0.3) is 0 Å². The third-order valence-corrected chi connectivity index (χ3v) is 3.49. The molecule has 1 heterocycles. The van der Waals surface area contributed by atoms with E-state index in [4.69, 9.17) is 0 Å². The molecule has 1 aliphatic heterocycles. The smallest absolute Gasteiger partial charge is 0.00953 e. The number of rotatable bonds is 2. The molecular formula is C10H19N. The van der Waals surface area contributed by atoms with Crippen molar-refractivity contribution in [3.05, 3.63) is 0 Å². The molecule has 0 aromatic rings. The minimum absolute atomic E-state index is 0.992. The highest BCUT2D eigenvalue weighted by atomic mass is 15.2. The van der Waals surface area contributed by atoms with Crippen molar-refractivity contribution in [1.82, 2.24) is 4.90 Å². The van der Waals surface area contributed by atoms with Crippen molar-refractivity contribution in [3.63, 3.8) is 0 Å². The molecule has 1 atom stereocenters. The summed E-state index contributed by atoms with van der Waals surface area (Å²) in [5, 5.41) is 0. The van der Waals surface area contributed by atoms with Gasteiger partial charge in [0.1, 0.15) is 0 Å². The third-order valence-electron chi connectivity index (χ3n) is 3.49. The minimum atomic E-state index is 0.992. The first-order valence-corrected chi connectivity index (χ1v) is 5.14. The molecule has 1 saturated heterocycles. The monoisotopic (exact) mass is 153 g/mol. The number of nitrogens with zero attached hydrogens (tertiary/aromatic N) is 1. The van der Waals surface area contributed by atoms with Crippen molar-refractivity contribution in [2.75, 3.05) is 13.1 Å². The lowest BCUT2D eigenvalue weighted by Crippen LogP contribution is -2.38. The average molecular weight is 153 g/mol. The molecule has 0 bridgehead atoms. The van der Waals surface area contributed by atoms with Gasteiger partial charge in [-0.1, -0.05) is 19.8 Å². The molecule has 0 aromatic heterocycles. The molecule has 2 rings (SSSR count). The first-order valence-electron chi connectivity index (χ1n) is 5.14. The summed E-state index contributed by atoms with van der Waals surface area (Å²) in [6.07, 6.45) is 7.31. The van der Waals surface area contributed by atoms with Crippen LogP contribution in [-0.4, -0.2) is 24.0 Å². The van der Waals surface area contributed by atoms with E-state index < -0.39 is 0 Å². The van der Waals surface area contributed by atoms with E-state index in [2.05, 4.69) is 11.8 Å². The van der Waals surface area contributed by atoms with E-state index in [0.29, 0.717) is 0 Å². The van der Waals surface area contributed by atoms with Crippen LogP contribution in [0.2, 0.25) is 0 Å². The minimum Gasteiger partial charge on any atom is -0.300 e. The van der Waals surface area contributed by atoms with Gasteiger partial charge in [0, 0.05) is 12.6 Å². The molecule has 0 unspecified atom stereocenters. The van der Waals surface area contributed by atoms with E-state index in [-0.39, 0.29) is 0 Å². The third kappa shape index (κ3) is 1.44.